The van der Waals surface area contributed by atoms with Crippen LogP contribution in [0.25, 0.3) is 0 Å². The zero-order valence-corrected chi connectivity index (χ0v) is 7.96. The number of hydrogen-bond acceptors (Lipinski definition) is 2. The second-order valence-corrected chi connectivity index (χ2v) is 5.00. The molecule has 3 rings (SSSR count). The van der Waals surface area contributed by atoms with E-state index in [1.54, 1.807) is 0 Å². The van der Waals surface area contributed by atoms with Crippen molar-refractivity contribution in [3.05, 3.63) is 0 Å². The first-order valence-electron chi connectivity index (χ1n) is 5.61. The first kappa shape index (κ1) is 7.98. The lowest BCUT2D eigenvalue weighted by Crippen LogP contribution is -2.28. The Kier molecular flexibility index (Phi) is 1.72. The van der Waals surface area contributed by atoms with Crippen molar-refractivity contribution in [3.8, 4) is 0 Å². The van der Waals surface area contributed by atoms with E-state index in [1.165, 1.54) is 25.7 Å². The smallest absolute Gasteiger partial charge is 0.137 e. The molecule has 2 bridgehead atoms. The lowest BCUT2D eigenvalue weighted by atomic mass is 9.84. The zero-order valence-electron chi connectivity index (χ0n) is 7.96. The van der Waals surface area contributed by atoms with Crippen LogP contribution in [0.15, 0.2) is 0 Å². The summed E-state index contributed by atoms with van der Waals surface area (Å²) in [5, 5.41) is 3.53. The number of fused-ring (bicyclic) bond motifs is 2. The maximum atomic E-state index is 11.8. The number of nitrogens with one attached hydrogen (secondary N) is 1. The van der Waals surface area contributed by atoms with E-state index in [4.69, 9.17) is 0 Å². The predicted octanol–water partition coefficient (Wildman–Crippen LogP) is 1.50. The zero-order chi connectivity index (χ0) is 8.84. The van der Waals surface area contributed by atoms with Crippen LogP contribution in [0.5, 0.6) is 0 Å². The highest BCUT2D eigenvalue weighted by Gasteiger charge is 2.43. The number of hydrogen-bond donors (Lipinski definition) is 1. The van der Waals surface area contributed by atoms with Gasteiger partial charge in [0.15, 0.2) is 0 Å². The summed E-state index contributed by atoms with van der Waals surface area (Å²) in [4.78, 5) is 11.8. The third-order valence-corrected chi connectivity index (χ3v) is 3.90. The van der Waals surface area contributed by atoms with Gasteiger partial charge < -0.3 is 5.32 Å². The summed E-state index contributed by atoms with van der Waals surface area (Å²) >= 11 is 0. The van der Waals surface area contributed by atoms with E-state index in [0.29, 0.717) is 23.8 Å². The molecule has 3 atom stereocenters. The predicted molar refractivity (Wildman–Crippen MR) is 50.4 cm³/mol. The van der Waals surface area contributed by atoms with Crippen LogP contribution in [0, 0.1) is 11.8 Å². The van der Waals surface area contributed by atoms with Gasteiger partial charge >= 0.3 is 0 Å². The summed E-state index contributed by atoms with van der Waals surface area (Å²) in [6, 6.07) is 1.23. The van der Waals surface area contributed by atoms with Crippen LogP contribution in [-0.2, 0) is 4.79 Å². The molecule has 3 aliphatic rings. The fourth-order valence-electron chi connectivity index (χ4n) is 2.94. The number of carbonyl (C=O) groups is 1. The molecule has 2 aliphatic heterocycles. The number of carbonyl (C=O) groups excluding carboxylic acids is 1. The van der Waals surface area contributed by atoms with Crippen molar-refractivity contribution >= 4 is 5.78 Å². The van der Waals surface area contributed by atoms with Crippen LogP contribution in [0.2, 0.25) is 0 Å². The highest BCUT2D eigenvalue weighted by atomic mass is 16.1. The third-order valence-electron chi connectivity index (χ3n) is 3.90. The molecule has 2 heterocycles. The lowest BCUT2D eigenvalue weighted by molar-refractivity contribution is -0.123. The standard InChI is InChI=1S/C11H17NO/c13-11(5-7-1-2-7)9-6-8-3-4-10(9)12-8/h7-10,12H,1-6H2. The van der Waals surface area contributed by atoms with E-state index >= 15 is 0 Å². The molecule has 1 saturated carbocycles. The van der Waals surface area contributed by atoms with Crippen LogP contribution in [0.4, 0.5) is 0 Å². The van der Waals surface area contributed by atoms with Gasteiger partial charge in [0.05, 0.1) is 0 Å². The molecular formula is C11H17NO. The van der Waals surface area contributed by atoms with E-state index in [0.717, 1.165) is 18.8 Å². The Morgan fingerprint density at radius 1 is 1.23 bits per heavy atom. The van der Waals surface area contributed by atoms with Gasteiger partial charge in [-0.2, -0.15) is 0 Å². The van der Waals surface area contributed by atoms with Crippen molar-refractivity contribution in [1.82, 2.24) is 5.32 Å². The third kappa shape index (κ3) is 1.41. The molecule has 0 spiro atoms. The van der Waals surface area contributed by atoms with Crippen molar-refractivity contribution in [2.75, 3.05) is 0 Å². The fourth-order valence-corrected chi connectivity index (χ4v) is 2.94. The van der Waals surface area contributed by atoms with Gasteiger partial charge in [-0.1, -0.05) is 0 Å². The molecule has 0 aromatic carbocycles. The average molecular weight is 179 g/mol. The van der Waals surface area contributed by atoms with Gasteiger partial charge in [-0.15, -0.1) is 0 Å². The van der Waals surface area contributed by atoms with Crippen LogP contribution in [-0.4, -0.2) is 17.9 Å². The molecule has 72 valence electrons. The topological polar surface area (TPSA) is 29.1 Å². The van der Waals surface area contributed by atoms with Crippen molar-refractivity contribution in [2.45, 2.75) is 50.6 Å². The Labute approximate surface area is 79.1 Å². The Hall–Kier alpha value is -0.370. The summed E-state index contributed by atoms with van der Waals surface area (Å²) in [6.07, 6.45) is 7.18. The van der Waals surface area contributed by atoms with Gasteiger partial charge in [0.25, 0.3) is 0 Å². The van der Waals surface area contributed by atoms with E-state index in [2.05, 4.69) is 5.32 Å². The summed E-state index contributed by atoms with van der Waals surface area (Å²) in [5.41, 5.74) is 0. The molecule has 13 heavy (non-hydrogen) atoms. The molecule has 0 radical (unpaired) electrons. The quantitative estimate of drug-likeness (QED) is 0.711. The van der Waals surface area contributed by atoms with Crippen LogP contribution >= 0.6 is 0 Å². The molecular weight excluding hydrogens is 162 g/mol. The van der Waals surface area contributed by atoms with Gasteiger partial charge in [-0.05, 0) is 38.0 Å². The molecule has 0 aromatic rings. The molecule has 1 N–H and O–H groups in total. The second kappa shape index (κ2) is 2.81. The maximum Gasteiger partial charge on any atom is 0.137 e. The van der Waals surface area contributed by atoms with Crippen LogP contribution in [0.3, 0.4) is 0 Å². The van der Waals surface area contributed by atoms with Crippen molar-refractivity contribution in [3.63, 3.8) is 0 Å². The Morgan fingerprint density at radius 3 is 2.62 bits per heavy atom. The van der Waals surface area contributed by atoms with E-state index in [1.807, 2.05) is 0 Å². The minimum absolute atomic E-state index is 0.388. The van der Waals surface area contributed by atoms with E-state index < -0.39 is 0 Å². The Balaban J connectivity index is 1.61. The minimum atomic E-state index is 0.388. The molecule has 1 aliphatic carbocycles. The highest BCUT2D eigenvalue weighted by molar-refractivity contribution is 5.82. The number of ketones is 1. The van der Waals surface area contributed by atoms with E-state index in [9.17, 15) is 4.79 Å². The number of Topliss-reactive ketones (excluding diaryl/α,β-unsaturated/α-hetero) is 1. The molecule has 3 fully saturated rings. The summed E-state index contributed by atoms with van der Waals surface area (Å²) in [6.45, 7) is 0. The molecule has 3 unspecified atom stereocenters. The van der Waals surface area contributed by atoms with Crippen molar-refractivity contribution < 1.29 is 4.79 Å². The molecule has 2 nitrogen and oxygen atoms in total. The van der Waals surface area contributed by atoms with Gasteiger partial charge in [-0.25, -0.2) is 0 Å². The van der Waals surface area contributed by atoms with Crippen molar-refractivity contribution in [1.29, 1.82) is 0 Å². The monoisotopic (exact) mass is 179 g/mol. The second-order valence-electron chi connectivity index (χ2n) is 5.00. The first-order valence-corrected chi connectivity index (χ1v) is 5.61. The van der Waals surface area contributed by atoms with Crippen LogP contribution in [0.1, 0.15) is 38.5 Å². The van der Waals surface area contributed by atoms with Gasteiger partial charge in [-0.3, -0.25) is 4.79 Å². The Morgan fingerprint density at radius 2 is 2.08 bits per heavy atom. The summed E-state index contributed by atoms with van der Waals surface area (Å²) in [7, 11) is 0. The SMILES string of the molecule is O=C(CC1CC1)C1CC2CCC1N2. The molecule has 0 aromatic heterocycles. The average Bonchev–Trinajstić information content (AvgIpc) is 2.71. The summed E-state index contributed by atoms with van der Waals surface area (Å²) < 4.78 is 0. The van der Waals surface area contributed by atoms with Gasteiger partial charge in [0, 0.05) is 24.4 Å². The Bertz CT molecular complexity index is 234. The summed E-state index contributed by atoms with van der Waals surface area (Å²) in [5.74, 6) is 1.72. The van der Waals surface area contributed by atoms with E-state index in [-0.39, 0.29) is 0 Å². The lowest BCUT2D eigenvalue weighted by Gasteiger charge is -2.18. The first-order chi connectivity index (χ1) is 6.33. The molecule has 0 amide bonds. The van der Waals surface area contributed by atoms with Crippen molar-refractivity contribution in [2.24, 2.45) is 11.8 Å². The molecule has 2 heteroatoms. The molecule has 2 saturated heterocycles. The van der Waals surface area contributed by atoms with Crippen LogP contribution < -0.4 is 5.32 Å². The van der Waals surface area contributed by atoms with Gasteiger partial charge in [0.2, 0.25) is 0 Å². The largest absolute Gasteiger partial charge is 0.310 e. The fraction of sp³-hybridized carbons (Fsp3) is 0.909. The minimum Gasteiger partial charge on any atom is -0.310 e. The normalized spacial score (nSPS) is 42.6. The highest BCUT2D eigenvalue weighted by Crippen LogP contribution is 2.38. The van der Waals surface area contributed by atoms with Gasteiger partial charge in [0.1, 0.15) is 5.78 Å². The number of rotatable bonds is 3. The maximum absolute atomic E-state index is 11.8.